The molecule has 0 bridgehead atoms. The molecule has 3 aromatic rings. The Kier molecular flexibility index (Phi) is 5.02. The summed E-state index contributed by atoms with van der Waals surface area (Å²) < 4.78 is 21.0. The van der Waals surface area contributed by atoms with Crippen LogP contribution in [0.4, 0.5) is 10.1 Å². The average Bonchev–Trinajstić information content (AvgIpc) is 3.30. The topological polar surface area (TPSA) is 80.8 Å². The molecule has 0 amide bonds. The first-order chi connectivity index (χ1) is 17.8. The van der Waals surface area contributed by atoms with Crippen LogP contribution in [0.3, 0.4) is 0 Å². The largest absolute Gasteiger partial charge is 0.424 e. The predicted molar refractivity (Wildman–Crippen MR) is 134 cm³/mol. The number of ether oxygens (including phenoxy) is 1. The molecule has 37 heavy (non-hydrogen) atoms. The summed E-state index contributed by atoms with van der Waals surface area (Å²) in [7, 11) is 0. The van der Waals surface area contributed by atoms with Crippen molar-refractivity contribution in [2.24, 2.45) is 5.41 Å². The normalized spacial score (nSPS) is 22.6. The third-order valence-electron chi connectivity index (χ3n) is 7.70. The lowest BCUT2D eigenvalue weighted by Gasteiger charge is -2.37. The second kappa shape index (κ2) is 8.06. The molecule has 6 nitrogen and oxygen atoms in total. The van der Waals surface area contributed by atoms with Gasteiger partial charge in [0.15, 0.2) is 23.1 Å². The summed E-state index contributed by atoms with van der Waals surface area (Å²) in [5.74, 6) is -3.32. The molecule has 0 radical (unpaired) electrons. The SMILES string of the molecule is CC(=O)Oc1cccc2c1N1[C@@H](C(C)=O)[C@@H](c3ccccc3F)C3(C(=O)c4ccccc4C3=O)[C@H]1C=C2. The van der Waals surface area contributed by atoms with Gasteiger partial charge in [0.1, 0.15) is 11.2 Å². The number of ketones is 3. The number of halogens is 1. The van der Waals surface area contributed by atoms with E-state index in [0.717, 1.165) is 0 Å². The van der Waals surface area contributed by atoms with Crippen molar-refractivity contribution in [2.45, 2.75) is 31.8 Å². The molecule has 1 aliphatic carbocycles. The molecule has 0 N–H and O–H groups in total. The molecular formula is C30H22FNO5. The maximum Gasteiger partial charge on any atom is 0.308 e. The van der Waals surface area contributed by atoms with Crippen molar-refractivity contribution in [1.82, 2.24) is 0 Å². The summed E-state index contributed by atoms with van der Waals surface area (Å²) in [6.07, 6.45) is 3.49. The maximum absolute atomic E-state index is 15.5. The monoisotopic (exact) mass is 495 g/mol. The van der Waals surface area contributed by atoms with E-state index in [2.05, 4.69) is 0 Å². The highest BCUT2D eigenvalue weighted by Crippen LogP contribution is 2.61. The van der Waals surface area contributed by atoms with Crippen LogP contribution in [0.1, 0.15) is 51.6 Å². The van der Waals surface area contributed by atoms with E-state index in [1.165, 1.54) is 32.0 Å². The van der Waals surface area contributed by atoms with E-state index in [-0.39, 0.29) is 28.2 Å². The second-order valence-electron chi connectivity index (χ2n) is 9.63. The first kappa shape index (κ1) is 23.0. The van der Waals surface area contributed by atoms with Crippen LogP contribution < -0.4 is 9.64 Å². The Balaban J connectivity index is 1.70. The maximum atomic E-state index is 15.5. The molecule has 0 saturated carbocycles. The molecule has 3 aromatic carbocycles. The van der Waals surface area contributed by atoms with Gasteiger partial charge in [0.2, 0.25) is 0 Å². The fourth-order valence-electron chi connectivity index (χ4n) is 6.44. The van der Waals surface area contributed by atoms with E-state index in [0.29, 0.717) is 11.3 Å². The molecule has 2 heterocycles. The Morgan fingerprint density at radius 1 is 0.892 bits per heavy atom. The first-order valence-electron chi connectivity index (χ1n) is 12.0. The number of anilines is 1. The molecular weight excluding hydrogens is 473 g/mol. The van der Waals surface area contributed by atoms with Crippen LogP contribution >= 0.6 is 0 Å². The number of benzene rings is 3. The van der Waals surface area contributed by atoms with Gasteiger partial charge in [-0.3, -0.25) is 19.2 Å². The molecule has 0 unspecified atom stereocenters. The van der Waals surface area contributed by atoms with Crippen LogP contribution in [0.25, 0.3) is 6.08 Å². The Bertz CT molecular complexity index is 1520. The molecule has 2 aliphatic heterocycles. The molecule has 0 aromatic heterocycles. The number of hydrogen-bond donors (Lipinski definition) is 0. The molecule has 6 rings (SSSR count). The van der Waals surface area contributed by atoms with E-state index in [1.54, 1.807) is 65.6 Å². The Hall–Kier alpha value is -4.39. The average molecular weight is 496 g/mol. The number of carbonyl (C=O) groups is 4. The van der Waals surface area contributed by atoms with E-state index in [1.807, 2.05) is 0 Å². The van der Waals surface area contributed by atoms with Crippen LogP contribution in [0.15, 0.2) is 72.8 Å². The van der Waals surface area contributed by atoms with Crippen molar-refractivity contribution in [3.8, 4) is 5.75 Å². The standard InChI is InChI=1S/C30H22FNO5/c1-16(33)26-25(21-11-5-6-12-22(21)31)30(28(35)19-9-3-4-10-20(19)29(30)36)24-15-14-18-8-7-13-23(37-17(2)34)27(18)32(24)26/h3-15,24-26H,1-2H3/t24-,25-,26+/m1/s1. The fourth-order valence-corrected chi connectivity index (χ4v) is 6.44. The minimum Gasteiger partial charge on any atom is -0.424 e. The lowest BCUT2D eigenvalue weighted by Crippen LogP contribution is -2.48. The number of para-hydroxylation sites is 1. The summed E-state index contributed by atoms with van der Waals surface area (Å²) >= 11 is 0. The highest BCUT2D eigenvalue weighted by atomic mass is 19.1. The van der Waals surface area contributed by atoms with Crippen LogP contribution in [0, 0.1) is 11.2 Å². The molecule has 3 atom stereocenters. The zero-order chi connectivity index (χ0) is 26.1. The van der Waals surface area contributed by atoms with E-state index >= 15 is 4.39 Å². The third kappa shape index (κ3) is 2.97. The van der Waals surface area contributed by atoms with Crippen LogP contribution in [-0.4, -0.2) is 35.4 Å². The van der Waals surface area contributed by atoms with Gasteiger partial charge >= 0.3 is 5.97 Å². The number of Topliss-reactive ketones (excluding diaryl/α,β-unsaturated/α-hetero) is 3. The van der Waals surface area contributed by atoms with Crippen molar-refractivity contribution in [3.05, 3.63) is 101 Å². The van der Waals surface area contributed by atoms with Crippen molar-refractivity contribution in [3.63, 3.8) is 0 Å². The molecule has 1 saturated heterocycles. The Morgan fingerprint density at radius 2 is 1.54 bits per heavy atom. The predicted octanol–water partition coefficient (Wildman–Crippen LogP) is 4.77. The van der Waals surface area contributed by atoms with E-state index < -0.39 is 46.8 Å². The highest BCUT2D eigenvalue weighted by molar-refractivity contribution is 6.32. The van der Waals surface area contributed by atoms with Crippen molar-refractivity contribution < 1.29 is 28.3 Å². The molecule has 1 spiro atoms. The highest BCUT2D eigenvalue weighted by Gasteiger charge is 2.71. The van der Waals surface area contributed by atoms with E-state index in [9.17, 15) is 19.2 Å². The number of rotatable bonds is 3. The number of esters is 1. The summed E-state index contributed by atoms with van der Waals surface area (Å²) in [5, 5.41) is 0. The lowest BCUT2D eigenvalue weighted by atomic mass is 9.64. The molecule has 3 aliphatic rings. The summed E-state index contributed by atoms with van der Waals surface area (Å²) in [4.78, 5) is 55.7. The fraction of sp³-hybridized carbons (Fsp3) is 0.200. The third-order valence-corrected chi connectivity index (χ3v) is 7.70. The summed E-state index contributed by atoms with van der Waals surface area (Å²) in [6.45, 7) is 2.64. The van der Waals surface area contributed by atoms with Gasteiger partial charge in [-0.1, -0.05) is 66.7 Å². The summed E-state index contributed by atoms with van der Waals surface area (Å²) in [5.41, 5.74) is -0.0941. The van der Waals surface area contributed by atoms with E-state index in [4.69, 9.17) is 4.74 Å². The van der Waals surface area contributed by atoms with Gasteiger partial charge in [-0.05, 0) is 24.6 Å². The van der Waals surface area contributed by atoms with Gasteiger partial charge < -0.3 is 9.64 Å². The first-order valence-corrected chi connectivity index (χ1v) is 12.0. The second-order valence-corrected chi connectivity index (χ2v) is 9.63. The number of nitrogens with zero attached hydrogens (tertiary/aromatic N) is 1. The van der Waals surface area contributed by atoms with Crippen LogP contribution in [-0.2, 0) is 9.59 Å². The summed E-state index contributed by atoms with van der Waals surface area (Å²) in [6, 6.07) is 15.6. The molecule has 184 valence electrons. The number of fused-ring (bicyclic) bond motifs is 5. The van der Waals surface area contributed by atoms with Crippen LogP contribution in [0.2, 0.25) is 0 Å². The number of carbonyl (C=O) groups excluding carboxylic acids is 4. The molecule has 1 fully saturated rings. The Morgan fingerprint density at radius 3 is 2.16 bits per heavy atom. The van der Waals surface area contributed by atoms with Gasteiger partial charge in [0.05, 0.1) is 17.8 Å². The number of hydrogen-bond acceptors (Lipinski definition) is 6. The molecule has 7 heteroatoms. The zero-order valence-electron chi connectivity index (χ0n) is 20.1. The lowest BCUT2D eigenvalue weighted by molar-refractivity contribution is -0.131. The van der Waals surface area contributed by atoms with Gasteiger partial charge in [0.25, 0.3) is 0 Å². The minimum absolute atomic E-state index is 0.117. The van der Waals surface area contributed by atoms with Crippen molar-refractivity contribution >= 4 is 35.1 Å². The zero-order valence-corrected chi connectivity index (χ0v) is 20.1. The van der Waals surface area contributed by atoms with Gasteiger partial charge in [0, 0.05) is 29.5 Å². The Labute approximate surface area is 212 Å². The van der Waals surface area contributed by atoms with Gasteiger partial charge in [-0.2, -0.15) is 0 Å². The van der Waals surface area contributed by atoms with Gasteiger partial charge in [-0.25, -0.2) is 4.39 Å². The smallest absolute Gasteiger partial charge is 0.308 e. The van der Waals surface area contributed by atoms with Crippen molar-refractivity contribution in [1.29, 1.82) is 0 Å². The van der Waals surface area contributed by atoms with Crippen molar-refractivity contribution in [2.75, 3.05) is 4.90 Å². The van der Waals surface area contributed by atoms with Crippen LogP contribution in [0.5, 0.6) is 5.75 Å². The quantitative estimate of drug-likeness (QED) is 0.296. The minimum atomic E-state index is -1.79. The van der Waals surface area contributed by atoms with Gasteiger partial charge in [-0.15, -0.1) is 0 Å².